The summed E-state index contributed by atoms with van der Waals surface area (Å²) >= 11 is 0. The predicted octanol–water partition coefficient (Wildman–Crippen LogP) is 7.53. The van der Waals surface area contributed by atoms with Gasteiger partial charge in [0.05, 0.1) is 0 Å². The van der Waals surface area contributed by atoms with Gasteiger partial charge in [-0.25, -0.2) is 4.98 Å². The summed E-state index contributed by atoms with van der Waals surface area (Å²) in [6, 6.07) is 17.4. The quantitative estimate of drug-likeness (QED) is 0.339. The van der Waals surface area contributed by atoms with Crippen LogP contribution in [0.4, 0.5) is 0 Å². The molecule has 29 heavy (non-hydrogen) atoms. The molecule has 0 radical (unpaired) electrons. The summed E-state index contributed by atoms with van der Waals surface area (Å²) in [6.45, 7) is 4.45. The van der Waals surface area contributed by atoms with Crippen molar-refractivity contribution in [2.75, 3.05) is 0 Å². The van der Waals surface area contributed by atoms with Gasteiger partial charge in [-0.1, -0.05) is 63.8 Å². The Balaban J connectivity index is 1.78. The molecule has 0 N–H and O–H groups in total. The van der Waals surface area contributed by atoms with Crippen LogP contribution in [0.3, 0.4) is 0 Å². The molecule has 0 aliphatic carbocycles. The highest BCUT2D eigenvalue weighted by Gasteiger charge is 2.19. The van der Waals surface area contributed by atoms with Crippen LogP contribution in [0.2, 0.25) is 0 Å². The lowest BCUT2D eigenvalue weighted by atomic mass is 9.93. The molecule has 152 valence electrons. The normalized spacial score (nSPS) is 10.9. The zero-order valence-electron chi connectivity index (χ0n) is 17.4. The number of unbranched alkanes of at least 4 members (excludes halogenated alkanes) is 2. The summed E-state index contributed by atoms with van der Waals surface area (Å²) in [7, 11) is 0. The molecule has 0 amide bonds. The highest BCUT2D eigenvalue weighted by Crippen LogP contribution is 2.34. The SMILES string of the molecule is CCCCC(CCCC)c1nccnc1Oc1cccc(Oc2ccccc2)c1. The van der Waals surface area contributed by atoms with E-state index in [9.17, 15) is 0 Å². The molecule has 0 bridgehead atoms. The number of ether oxygens (including phenoxy) is 2. The van der Waals surface area contributed by atoms with Crippen molar-refractivity contribution in [3.05, 3.63) is 72.7 Å². The van der Waals surface area contributed by atoms with Crippen LogP contribution in [0.25, 0.3) is 0 Å². The van der Waals surface area contributed by atoms with Crippen LogP contribution >= 0.6 is 0 Å². The van der Waals surface area contributed by atoms with Crippen molar-refractivity contribution in [1.29, 1.82) is 0 Å². The van der Waals surface area contributed by atoms with E-state index in [1.807, 2.05) is 54.6 Å². The maximum absolute atomic E-state index is 6.18. The highest BCUT2D eigenvalue weighted by molar-refractivity contribution is 5.39. The van der Waals surface area contributed by atoms with Crippen molar-refractivity contribution in [1.82, 2.24) is 9.97 Å². The van der Waals surface area contributed by atoms with Crippen LogP contribution in [0.5, 0.6) is 23.1 Å². The molecule has 0 spiro atoms. The third kappa shape index (κ3) is 6.31. The largest absolute Gasteiger partial charge is 0.457 e. The van der Waals surface area contributed by atoms with Gasteiger partial charge in [0, 0.05) is 24.4 Å². The van der Waals surface area contributed by atoms with E-state index in [-0.39, 0.29) is 0 Å². The Morgan fingerprint density at radius 2 is 1.34 bits per heavy atom. The first-order valence-corrected chi connectivity index (χ1v) is 10.6. The minimum atomic E-state index is 0.377. The fourth-order valence-corrected chi connectivity index (χ4v) is 3.35. The molecule has 2 aromatic carbocycles. The van der Waals surface area contributed by atoms with Crippen molar-refractivity contribution in [3.63, 3.8) is 0 Å². The van der Waals surface area contributed by atoms with Crippen LogP contribution in [0, 0.1) is 0 Å². The molecule has 0 saturated carbocycles. The summed E-state index contributed by atoms with van der Waals surface area (Å²) in [5.41, 5.74) is 0.962. The maximum atomic E-state index is 6.18. The molecule has 0 aliphatic heterocycles. The van der Waals surface area contributed by atoms with Crippen molar-refractivity contribution in [2.24, 2.45) is 0 Å². The van der Waals surface area contributed by atoms with E-state index in [0.29, 0.717) is 17.5 Å². The Hall–Kier alpha value is -2.88. The van der Waals surface area contributed by atoms with Gasteiger partial charge in [-0.2, -0.15) is 0 Å². The third-order valence-corrected chi connectivity index (χ3v) is 4.89. The number of hydrogen-bond acceptors (Lipinski definition) is 4. The number of hydrogen-bond donors (Lipinski definition) is 0. The van der Waals surface area contributed by atoms with Crippen molar-refractivity contribution in [3.8, 4) is 23.1 Å². The molecule has 4 nitrogen and oxygen atoms in total. The topological polar surface area (TPSA) is 44.2 Å². The standard InChI is InChI=1S/C25H30N2O2/c1-3-5-11-20(12-6-4-2)24-25(27-18-17-26-24)29-23-16-10-15-22(19-23)28-21-13-8-7-9-14-21/h7-10,13-20H,3-6,11-12H2,1-2H3. The molecular weight excluding hydrogens is 360 g/mol. The van der Waals surface area contributed by atoms with Gasteiger partial charge in [-0.3, -0.25) is 4.98 Å². The summed E-state index contributed by atoms with van der Waals surface area (Å²) in [5, 5.41) is 0. The average Bonchev–Trinajstić information content (AvgIpc) is 2.76. The summed E-state index contributed by atoms with van der Waals surface area (Å²) in [5.74, 6) is 3.20. The fourth-order valence-electron chi connectivity index (χ4n) is 3.35. The van der Waals surface area contributed by atoms with Crippen LogP contribution in [-0.4, -0.2) is 9.97 Å². The van der Waals surface area contributed by atoms with E-state index in [1.54, 1.807) is 12.4 Å². The van der Waals surface area contributed by atoms with Crippen LogP contribution in [0.15, 0.2) is 67.0 Å². The van der Waals surface area contributed by atoms with Gasteiger partial charge in [0.15, 0.2) is 0 Å². The smallest absolute Gasteiger partial charge is 0.241 e. The highest BCUT2D eigenvalue weighted by atomic mass is 16.5. The Bertz CT molecular complexity index is 859. The number of nitrogens with zero attached hydrogens (tertiary/aromatic N) is 2. The van der Waals surface area contributed by atoms with Crippen molar-refractivity contribution in [2.45, 2.75) is 58.3 Å². The molecule has 0 fully saturated rings. The minimum Gasteiger partial charge on any atom is -0.457 e. The second-order valence-corrected chi connectivity index (χ2v) is 7.22. The number of rotatable bonds is 11. The molecule has 4 heteroatoms. The van der Waals surface area contributed by atoms with Crippen LogP contribution in [0.1, 0.15) is 64.0 Å². The minimum absolute atomic E-state index is 0.377. The monoisotopic (exact) mass is 390 g/mol. The molecule has 1 heterocycles. The summed E-state index contributed by atoms with van der Waals surface area (Å²) in [4.78, 5) is 9.15. The van der Waals surface area contributed by atoms with E-state index in [0.717, 1.165) is 30.0 Å². The number of aromatic nitrogens is 2. The van der Waals surface area contributed by atoms with E-state index >= 15 is 0 Å². The van der Waals surface area contributed by atoms with E-state index in [4.69, 9.17) is 9.47 Å². The van der Waals surface area contributed by atoms with Gasteiger partial charge < -0.3 is 9.47 Å². The van der Waals surface area contributed by atoms with Crippen molar-refractivity contribution < 1.29 is 9.47 Å². The first kappa shape index (κ1) is 20.8. The van der Waals surface area contributed by atoms with Gasteiger partial charge in [0.2, 0.25) is 5.88 Å². The summed E-state index contributed by atoms with van der Waals surface area (Å²) < 4.78 is 12.1. The molecule has 0 atom stereocenters. The third-order valence-electron chi connectivity index (χ3n) is 4.89. The molecule has 0 saturated heterocycles. The van der Waals surface area contributed by atoms with Gasteiger partial charge >= 0.3 is 0 Å². The Labute approximate surface area is 173 Å². The molecule has 1 aromatic heterocycles. The first-order chi connectivity index (χ1) is 14.3. The maximum Gasteiger partial charge on any atom is 0.241 e. The fraction of sp³-hybridized carbons (Fsp3) is 0.360. The second-order valence-electron chi connectivity index (χ2n) is 7.22. The van der Waals surface area contributed by atoms with E-state index < -0.39 is 0 Å². The predicted molar refractivity (Wildman–Crippen MR) is 117 cm³/mol. The first-order valence-electron chi connectivity index (χ1n) is 10.6. The Kier molecular flexibility index (Phi) is 8.05. The molecule has 3 aromatic rings. The molecule has 0 aliphatic rings. The van der Waals surface area contributed by atoms with Gasteiger partial charge in [0.25, 0.3) is 0 Å². The second kappa shape index (κ2) is 11.2. The Morgan fingerprint density at radius 1 is 0.724 bits per heavy atom. The molecule has 3 rings (SSSR count). The van der Waals surface area contributed by atoms with Crippen molar-refractivity contribution >= 4 is 0 Å². The van der Waals surface area contributed by atoms with Crippen LogP contribution < -0.4 is 9.47 Å². The molecular formula is C25H30N2O2. The van der Waals surface area contributed by atoms with E-state index in [2.05, 4.69) is 23.8 Å². The average molecular weight is 391 g/mol. The number of benzene rings is 2. The lowest BCUT2D eigenvalue weighted by Crippen LogP contribution is -2.06. The lowest BCUT2D eigenvalue weighted by molar-refractivity contribution is 0.423. The Morgan fingerprint density at radius 3 is 2.03 bits per heavy atom. The lowest BCUT2D eigenvalue weighted by Gasteiger charge is -2.18. The number of para-hydroxylation sites is 1. The zero-order valence-corrected chi connectivity index (χ0v) is 17.4. The zero-order chi connectivity index (χ0) is 20.3. The molecule has 0 unspecified atom stereocenters. The van der Waals surface area contributed by atoms with Gasteiger partial charge in [0.1, 0.15) is 22.9 Å². The van der Waals surface area contributed by atoms with Crippen LogP contribution in [-0.2, 0) is 0 Å². The summed E-state index contributed by atoms with van der Waals surface area (Å²) in [6.07, 6.45) is 10.4. The van der Waals surface area contributed by atoms with E-state index in [1.165, 1.54) is 25.7 Å². The van der Waals surface area contributed by atoms with Gasteiger partial charge in [-0.05, 0) is 37.1 Å². The van der Waals surface area contributed by atoms with Gasteiger partial charge in [-0.15, -0.1) is 0 Å².